The van der Waals surface area contributed by atoms with Gasteiger partial charge in [0.2, 0.25) is 12.3 Å². The number of hydrogen-bond donors (Lipinski definition) is 4. The highest BCUT2D eigenvalue weighted by Crippen LogP contribution is 2.46. The molecule has 15 nitrogen and oxygen atoms in total. The molecule has 5 heterocycles. The van der Waals surface area contributed by atoms with Crippen LogP contribution < -0.4 is 25.8 Å². The molecule has 2 saturated heterocycles. The molecule has 0 bridgehead atoms. The number of amides is 3. The van der Waals surface area contributed by atoms with E-state index in [1.807, 2.05) is 26.0 Å². The predicted molar refractivity (Wildman–Crippen MR) is 236 cm³/mol. The molecule has 3 fully saturated rings. The molecule has 1 saturated carbocycles. The molecular formula is C46H52FN11O4. The topological polar surface area (TPSA) is 178 Å². The van der Waals surface area contributed by atoms with Crippen molar-refractivity contribution in [2.24, 2.45) is 5.92 Å². The molecule has 16 heteroatoms. The number of nitrogens with zero attached hydrogens (tertiary/aromatic N) is 7. The van der Waals surface area contributed by atoms with Crippen LogP contribution in [0.2, 0.25) is 0 Å². The predicted octanol–water partition coefficient (Wildman–Crippen LogP) is 6.26. The maximum atomic E-state index is 16.1. The van der Waals surface area contributed by atoms with Crippen LogP contribution in [0.25, 0.3) is 33.2 Å². The van der Waals surface area contributed by atoms with Crippen LogP contribution in [0.5, 0.6) is 0 Å². The number of nitrogens with one attached hydrogen (secondary N) is 4. The van der Waals surface area contributed by atoms with Gasteiger partial charge in [-0.3, -0.25) is 19.3 Å². The third-order valence-corrected chi connectivity index (χ3v) is 12.9. The smallest absolute Gasteiger partial charge is 0.315 e. The zero-order valence-electron chi connectivity index (χ0n) is 35.3. The number of piperidine rings is 1. The zero-order chi connectivity index (χ0) is 43.0. The number of aryl methyl sites for hydroxylation is 1. The SMILES string of the molecule is Cc1cc(-c2ncnc3[nH]c4cc(N5CCN(CC6CCN(c7ccc(NC(=O)CCNC=O)cc7)CC6)CC5)ccc4c23)c(F)cc1C(C)NC(=O)c1nc(C2(C)CC2)no1. The third kappa shape index (κ3) is 8.56. The van der Waals surface area contributed by atoms with Crippen LogP contribution in [0.3, 0.4) is 0 Å². The van der Waals surface area contributed by atoms with E-state index in [0.29, 0.717) is 47.2 Å². The minimum absolute atomic E-state index is 0.0964. The van der Waals surface area contributed by atoms with Crippen molar-refractivity contribution in [3.63, 3.8) is 0 Å². The average Bonchev–Trinajstić information content (AvgIpc) is 3.64. The minimum atomic E-state index is -0.514. The summed E-state index contributed by atoms with van der Waals surface area (Å²) < 4.78 is 21.4. The number of anilines is 3. The van der Waals surface area contributed by atoms with Crippen LogP contribution in [-0.4, -0.2) is 101 Å². The average molecular weight is 842 g/mol. The fourth-order valence-corrected chi connectivity index (χ4v) is 8.92. The van der Waals surface area contributed by atoms with Gasteiger partial charge in [-0.1, -0.05) is 18.1 Å². The molecule has 4 N–H and O–H groups in total. The normalized spacial score (nSPS) is 17.3. The first-order valence-electron chi connectivity index (χ1n) is 21.6. The molecule has 2 aliphatic heterocycles. The van der Waals surface area contributed by atoms with Crippen LogP contribution in [0.1, 0.15) is 79.6 Å². The Balaban J connectivity index is 0.799. The number of fused-ring (bicyclic) bond motifs is 3. The van der Waals surface area contributed by atoms with E-state index in [1.54, 1.807) is 13.0 Å². The summed E-state index contributed by atoms with van der Waals surface area (Å²) in [4.78, 5) is 59.8. The number of H-pyrrole nitrogens is 1. The van der Waals surface area contributed by atoms with E-state index in [2.05, 4.69) is 86.1 Å². The third-order valence-electron chi connectivity index (χ3n) is 12.9. The highest BCUT2D eigenvalue weighted by Gasteiger charge is 2.44. The molecule has 3 aliphatic rings. The number of benzene rings is 3. The number of aromatic amines is 1. The molecule has 0 radical (unpaired) electrons. The number of hydrogen-bond acceptors (Lipinski definition) is 11. The van der Waals surface area contributed by atoms with Crippen LogP contribution in [0.4, 0.5) is 21.5 Å². The molecule has 1 atom stereocenters. The Bertz CT molecular complexity index is 2610. The van der Waals surface area contributed by atoms with Crippen molar-refractivity contribution in [1.82, 2.24) is 40.6 Å². The molecule has 322 valence electrons. The van der Waals surface area contributed by atoms with Gasteiger partial charge >= 0.3 is 11.8 Å². The van der Waals surface area contributed by atoms with Gasteiger partial charge in [-0.2, -0.15) is 4.98 Å². The van der Waals surface area contributed by atoms with Crippen molar-refractivity contribution in [3.8, 4) is 11.3 Å². The summed E-state index contributed by atoms with van der Waals surface area (Å²) >= 11 is 0. The zero-order valence-corrected chi connectivity index (χ0v) is 35.3. The number of aromatic nitrogens is 5. The van der Waals surface area contributed by atoms with Gasteiger partial charge in [0.05, 0.1) is 17.1 Å². The van der Waals surface area contributed by atoms with E-state index in [-0.39, 0.29) is 23.6 Å². The Hall–Kier alpha value is -6.42. The van der Waals surface area contributed by atoms with Gasteiger partial charge in [-0.05, 0) is 105 Å². The second-order valence-corrected chi connectivity index (χ2v) is 17.3. The lowest BCUT2D eigenvalue weighted by Gasteiger charge is -2.40. The van der Waals surface area contributed by atoms with Crippen LogP contribution in [0, 0.1) is 18.7 Å². The Kier molecular flexibility index (Phi) is 11.3. The fraction of sp³-hybridized carbons (Fsp3) is 0.413. The molecule has 3 amide bonds. The quantitative estimate of drug-likeness (QED) is 0.0719. The van der Waals surface area contributed by atoms with Crippen molar-refractivity contribution >= 4 is 57.2 Å². The molecular weight excluding hydrogens is 790 g/mol. The number of halogens is 1. The molecule has 0 spiro atoms. The van der Waals surface area contributed by atoms with Gasteiger partial charge in [0, 0.05) is 97.7 Å². The molecule has 1 aliphatic carbocycles. The number of piperazine rings is 1. The van der Waals surface area contributed by atoms with Crippen molar-refractivity contribution in [2.45, 2.75) is 64.3 Å². The van der Waals surface area contributed by atoms with Crippen molar-refractivity contribution < 1.29 is 23.3 Å². The number of carbonyl (C=O) groups is 3. The number of rotatable bonds is 14. The Morgan fingerprint density at radius 2 is 1.73 bits per heavy atom. The van der Waals surface area contributed by atoms with Crippen LogP contribution in [0.15, 0.2) is 65.4 Å². The maximum absolute atomic E-state index is 16.1. The van der Waals surface area contributed by atoms with Gasteiger partial charge in [0.1, 0.15) is 17.8 Å². The summed E-state index contributed by atoms with van der Waals surface area (Å²) in [6.07, 6.45) is 6.50. The molecule has 3 aromatic heterocycles. The highest BCUT2D eigenvalue weighted by atomic mass is 19.1. The molecule has 1 unspecified atom stereocenters. The summed E-state index contributed by atoms with van der Waals surface area (Å²) in [5.74, 6) is 0.0254. The monoisotopic (exact) mass is 841 g/mol. The second-order valence-electron chi connectivity index (χ2n) is 17.3. The largest absolute Gasteiger partial charge is 0.372 e. The lowest BCUT2D eigenvalue weighted by molar-refractivity contribution is -0.116. The molecule has 6 aromatic rings. The lowest BCUT2D eigenvalue weighted by atomic mass is 9.95. The lowest BCUT2D eigenvalue weighted by Crippen LogP contribution is -2.49. The van der Waals surface area contributed by atoms with E-state index in [4.69, 9.17) is 4.52 Å². The molecule has 9 rings (SSSR count). The van der Waals surface area contributed by atoms with Crippen molar-refractivity contribution in [3.05, 3.63) is 89.6 Å². The van der Waals surface area contributed by atoms with Crippen molar-refractivity contribution in [1.29, 1.82) is 0 Å². The van der Waals surface area contributed by atoms with E-state index < -0.39 is 17.8 Å². The fourth-order valence-electron chi connectivity index (χ4n) is 8.92. The van der Waals surface area contributed by atoms with E-state index in [9.17, 15) is 14.4 Å². The summed E-state index contributed by atoms with van der Waals surface area (Å²) in [6.45, 7) is 13.0. The summed E-state index contributed by atoms with van der Waals surface area (Å²) in [5, 5.41) is 14.0. The Labute approximate surface area is 358 Å². The summed E-state index contributed by atoms with van der Waals surface area (Å²) in [5.41, 5.74) is 6.79. The van der Waals surface area contributed by atoms with Gasteiger partial charge in [-0.15, -0.1) is 0 Å². The standard InChI is InChI=1S/C46H52FN11O4/c1-28-22-36(37(47)24-35(28)29(2)51-43(61)44-54-45(55-62-44)46(3)13-14-46)41-40-34-9-8-33(23-38(34)53-42(40)50-26-49-41)58-20-18-56(19-21-58)25-30-11-16-57(17-12-30)32-6-4-31(5-7-32)52-39(60)10-15-48-27-59/h4-9,22-24,26-27,29-30H,10-21,25H2,1-3H3,(H,48,59)(H,51,61)(H,52,60)(H,49,50,53). The van der Waals surface area contributed by atoms with Crippen molar-refractivity contribution in [2.75, 3.05) is 67.5 Å². The summed E-state index contributed by atoms with van der Waals surface area (Å²) in [6, 6.07) is 17.1. The van der Waals surface area contributed by atoms with Gasteiger partial charge in [0.25, 0.3) is 0 Å². The minimum Gasteiger partial charge on any atom is -0.372 e. The van der Waals surface area contributed by atoms with E-state index in [1.165, 1.54) is 12.4 Å². The number of carbonyl (C=O) groups excluding carboxylic acids is 3. The van der Waals surface area contributed by atoms with Crippen LogP contribution in [-0.2, 0) is 15.0 Å². The van der Waals surface area contributed by atoms with E-state index >= 15 is 4.39 Å². The Morgan fingerprint density at radius 3 is 2.47 bits per heavy atom. The highest BCUT2D eigenvalue weighted by molar-refractivity contribution is 6.12. The molecule has 3 aromatic carbocycles. The molecule has 62 heavy (non-hydrogen) atoms. The maximum Gasteiger partial charge on any atom is 0.315 e. The summed E-state index contributed by atoms with van der Waals surface area (Å²) in [7, 11) is 0. The Morgan fingerprint density at radius 1 is 0.984 bits per heavy atom. The van der Waals surface area contributed by atoms with E-state index in [0.717, 1.165) is 110 Å². The van der Waals surface area contributed by atoms with Gasteiger partial charge < -0.3 is 35.3 Å². The van der Waals surface area contributed by atoms with Crippen LogP contribution >= 0.6 is 0 Å². The first-order valence-corrected chi connectivity index (χ1v) is 21.6. The van der Waals surface area contributed by atoms with Gasteiger partial charge in [-0.25, -0.2) is 14.4 Å². The van der Waals surface area contributed by atoms with Gasteiger partial charge in [0.15, 0.2) is 5.82 Å². The first kappa shape index (κ1) is 41.0. The first-order chi connectivity index (χ1) is 30.0. The second kappa shape index (κ2) is 17.2.